The van der Waals surface area contributed by atoms with Gasteiger partial charge in [0.15, 0.2) is 0 Å². The first kappa shape index (κ1) is 16.2. The molecule has 0 fully saturated rings. The normalized spacial score (nSPS) is 21.5. The molecule has 1 aliphatic heterocycles. The summed E-state index contributed by atoms with van der Waals surface area (Å²) >= 11 is 0. The third kappa shape index (κ3) is 3.18. The van der Waals surface area contributed by atoms with E-state index in [2.05, 4.69) is 10.1 Å². The number of hydrogen-bond donors (Lipinski definition) is 2. The van der Waals surface area contributed by atoms with Crippen LogP contribution < -0.4 is 5.32 Å². The van der Waals surface area contributed by atoms with Crippen molar-refractivity contribution in [1.29, 1.82) is 0 Å². The minimum Gasteiger partial charge on any atom is -0.481 e. The van der Waals surface area contributed by atoms with Gasteiger partial charge in [0, 0.05) is 6.04 Å². The van der Waals surface area contributed by atoms with Gasteiger partial charge in [-0.2, -0.15) is 18.2 Å². The van der Waals surface area contributed by atoms with Crippen LogP contribution in [0.1, 0.15) is 18.2 Å². The molecule has 11 heteroatoms. The maximum atomic E-state index is 12.2. The third-order valence-corrected chi connectivity index (χ3v) is 3.41. The van der Waals surface area contributed by atoms with Crippen molar-refractivity contribution in [2.45, 2.75) is 31.1 Å². The van der Waals surface area contributed by atoms with Gasteiger partial charge in [-0.15, -0.1) is 5.10 Å². The molecule has 2 atom stereocenters. The molecule has 0 bridgehead atoms. The van der Waals surface area contributed by atoms with Crippen LogP contribution in [0.3, 0.4) is 0 Å². The summed E-state index contributed by atoms with van der Waals surface area (Å²) in [4.78, 5) is 27.7. The van der Waals surface area contributed by atoms with Crippen molar-refractivity contribution in [3.8, 4) is 0 Å². The molecule has 0 saturated carbocycles. The maximum absolute atomic E-state index is 12.2. The fourth-order valence-electron chi connectivity index (χ4n) is 2.21. The summed E-state index contributed by atoms with van der Waals surface area (Å²) in [5.74, 6) is -4.86. The van der Waals surface area contributed by atoms with E-state index in [9.17, 15) is 27.9 Å². The highest BCUT2D eigenvalue weighted by molar-refractivity contribution is 5.93. The fourth-order valence-corrected chi connectivity index (χ4v) is 2.21. The molecule has 2 heterocycles. The van der Waals surface area contributed by atoms with Gasteiger partial charge in [0.05, 0.1) is 6.54 Å². The van der Waals surface area contributed by atoms with Crippen molar-refractivity contribution >= 4 is 17.8 Å². The zero-order valence-electron chi connectivity index (χ0n) is 11.8. The Hall–Kier alpha value is -2.17. The molecule has 0 aromatic carbocycles. The van der Waals surface area contributed by atoms with Gasteiger partial charge in [-0.3, -0.25) is 14.9 Å². The first-order valence-electron chi connectivity index (χ1n) is 6.31. The van der Waals surface area contributed by atoms with E-state index >= 15 is 0 Å². The summed E-state index contributed by atoms with van der Waals surface area (Å²) in [5, 5.41) is 14.5. The lowest BCUT2D eigenvalue weighted by Gasteiger charge is -2.31. The highest BCUT2D eigenvalue weighted by Crippen LogP contribution is 2.29. The molecule has 0 saturated heterocycles. The summed E-state index contributed by atoms with van der Waals surface area (Å²) in [7, 11) is 3.52. The number of carboxylic acids is 1. The Kier molecular flexibility index (Phi) is 4.09. The van der Waals surface area contributed by atoms with Gasteiger partial charge in [0.1, 0.15) is 11.7 Å². The van der Waals surface area contributed by atoms with Crippen molar-refractivity contribution in [3.05, 3.63) is 5.82 Å². The molecule has 1 aliphatic rings. The molecule has 1 aromatic rings. The number of alkyl halides is 3. The van der Waals surface area contributed by atoms with Gasteiger partial charge in [-0.25, -0.2) is 4.68 Å². The Bertz CT molecular complexity index is 598. The number of amides is 1. The van der Waals surface area contributed by atoms with Crippen LogP contribution in [0.2, 0.25) is 0 Å². The Labute approximate surface area is 122 Å². The summed E-state index contributed by atoms with van der Waals surface area (Å²) in [5.41, 5.74) is 0. The van der Waals surface area contributed by atoms with Crippen LogP contribution in [0.4, 0.5) is 19.1 Å². The summed E-state index contributed by atoms with van der Waals surface area (Å²) in [6, 6.07) is -0.151. The molecular weight excluding hydrogens is 307 g/mol. The number of carbonyl (C=O) groups excluding carboxylic acids is 1. The number of nitrogens with one attached hydrogen (secondary N) is 1. The van der Waals surface area contributed by atoms with Crippen LogP contribution in [-0.2, 0) is 16.1 Å². The van der Waals surface area contributed by atoms with E-state index in [4.69, 9.17) is 0 Å². The largest absolute Gasteiger partial charge is 0.481 e. The molecule has 8 nitrogen and oxygen atoms in total. The first-order chi connectivity index (χ1) is 10.1. The molecular formula is C11H14F3N5O3. The second-order valence-corrected chi connectivity index (χ2v) is 5.17. The van der Waals surface area contributed by atoms with Crippen LogP contribution in [0, 0.1) is 0 Å². The van der Waals surface area contributed by atoms with Gasteiger partial charge in [-0.05, 0) is 20.5 Å². The van der Waals surface area contributed by atoms with Crippen molar-refractivity contribution in [1.82, 2.24) is 19.7 Å². The third-order valence-electron chi connectivity index (χ3n) is 3.41. The first-order valence-corrected chi connectivity index (χ1v) is 6.31. The van der Waals surface area contributed by atoms with Crippen LogP contribution in [-0.4, -0.2) is 63.0 Å². The summed E-state index contributed by atoms with van der Waals surface area (Å²) in [6.07, 6.45) is -4.81. The average molecular weight is 321 g/mol. The number of hydrogen-bond acceptors (Lipinski definition) is 5. The number of likely N-dealkylation sites (N-methyl/N-ethyl adjacent to an activating group) is 1. The second-order valence-electron chi connectivity index (χ2n) is 5.17. The highest BCUT2D eigenvalue weighted by atomic mass is 19.4. The zero-order chi connectivity index (χ0) is 16.7. The van der Waals surface area contributed by atoms with Gasteiger partial charge in [0.25, 0.3) is 0 Å². The molecule has 1 aromatic heterocycles. The molecule has 0 radical (unpaired) electrons. The number of fused-ring (bicyclic) bond motifs is 1. The average Bonchev–Trinajstić information content (AvgIpc) is 2.77. The Morgan fingerprint density at radius 3 is 2.55 bits per heavy atom. The molecule has 2 rings (SSSR count). The number of halogens is 3. The number of nitrogens with zero attached hydrogens (tertiary/aromatic N) is 4. The van der Waals surface area contributed by atoms with Crippen LogP contribution in [0.5, 0.6) is 0 Å². The van der Waals surface area contributed by atoms with E-state index in [0.29, 0.717) is 0 Å². The van der Waals surface area contributed by atoms with Crippen LogP contribution in [0.15, 0.2) is 0 Å². The Morgan fingerprint density at radius 2 is 2.05 bits per heavy atom. The zero-order valence-corrected chi connectivity index (χ0v) is 11.8. The SMILES string of the molecule is CN(C)C1CC(C(=O)O)c2nc(NC(=O)C(F)(F)F)nn2C1. The smallest absolute Gasteiger partial charge is 0.471 e. The van der Waals surface area contributed by atoms with E-state index in [1.165, 1.54) is 10.00 Å². The molecule has 2 N–H and O–H groups in total. The van der Waals surface area contributed by atoms with Gasteiger partial charge < -0.3 is 10.0 Å². The molecule has 2 unspecified atom stereocenters. The predicted molar refractivity (Wildman–Crippen MR) is 67.2 cm³/mol. The molecule has 22 heavy (non-hydrogen) atoms. The van der Waals surface area contributed by atoms with E-state index in [1.807, 2.05) is 0 Å². The van der Waals surface area contributed by atoms with E-state index < -0.39 is 29.9 Å². The van der Waals surface area contributed by atoms with Crippen molar-refractivity contribution < 1.29 is 27.9 Å². The number of aromatic nitrogens is 3. The lowest BCUT2D eigenvalue weighted by Crippen LogP contribution is -2.40. The predicted octanol–water partition coefficient (Wildman–Crippen LogP) is 0.281. The van der Waals surface area contributed by atoms with Gasteiger partial charge >= 0.3 is 18.1 Å². The van der Waals surface area contributed by atoms with E-state index in [0.717, 1.165) is 0 Å². The Balaban J connectivity index is 2.28. The lowest BCUT2D eigenvalue weighted by atomic mass is 9.95. The number of carbonyl (C=O) groups is 2. The topological polar surface area (TPSA) is 100 Å². The van der Waals surface area contributed by atoms with Gasteiger partial charge in [0.2, 0.25) is 5.95 Å². The standard InChI is InChI=1S/C11H14F3N5O3/c1-18(2)5-3-6(8(20)21)7-15-10(17-19(7)4-5)16-9(22)11(12,13)14/h5-6H,3-4H2,1-2H3,(H,20,21)(H,16,17,22). The molecule has 0 spiro atoms. The summed E-state index contributed by atoms with van der Waals surface area (Å²) < 4.78 is 37.9. The van der Waals surface area contributed by atoms with Crippen molar-refractivity contribution in [2.75, 3.05) is 19.4 Å². The number of carboxylic acid groups (broad SMARTS) is 1. The van der Waals surface area contributed by atoms with Crippen molar-refractivity contribution in [2.24, 2.45) is 0 Å². The fraction of sp³-hybridized carbons (Fsp3) is 0.636. The van der Waals surface area contributed by atoms with E-state index in [1.54, 1.807) is 19.0 Å². The molecule has 1 amide bonds. The van der Waals surface area contributed by atoms with E-state index in [-0.39, 0.29) is 24.8 Å². The van der Waals surface area contributed by atoms with Crippen LogP contribution >= 0.6 is 0 Å². The van der Waals surface area contributed by atoms with Crippen LogP contribution in [0.25, 0.3) is 0 Å². The number of anilines is 1. The minimum atomic E-state index is -5.07. The monoisotopic (exact) mass is 321 g/mol. The number of aliphatic carboxylic acids is 1. The Morgan fingerprint density at radius 1 is 1.41 bits per heavy atom. The van der Waals surface area contributed by atoms with Gasteiger partial charge in [-0.1, -0.05) is 0 Å². The van der Waals surface area contributed by atoms with Crippen molar-refractivity contribution in [3.63, 3.8) is 0 Å². The molecule has 122 valence electrons. The maximum Gasteiger partial charge on any atom is 0.471 e. The highest BCUT2D eigenvalue weighted by Gasteiger charge is 2.40. The summed E-state index contributed by atoms with van der Waals surface area (Å²) in [6.45, 7) is 0.279. The molecule has 0 aliphatic carbocycles. The number of rotatable bonds is 3. The second kappa shape index (κ2) is 5.55. The minimum absolute atomic E-state index is 0.0306. The lowest BCUT2D eigenvalue weighted by molar-refractivity contribution is -0.167. The quantitative estimate of drug-likeness (QED) is 0.829.